The Kier molecular flexibility index (Phi) is 3.43. The number of aryl methyl sites for hydroxylation is 2. The Balaban J connectivity index is 1.62. The van der Waals surface area contributed by atoms with E-state index in [4.69, 9.17) is 0 Å². The zero-order valence-electron chi connectivity index (χ0n) is 12.1. The number of aromatic nitrogens is 4. The van der Waals surface area contributed by atoms with Crippen LogP contribution in [-0.4, -0.2) is 32.2 Å². The van der Waals surface area contributed by atoms with Crippen LogP contribution in [0, 0.1) is 13.8 Å². The van der Waals surface area contributed by atoms with Crippen molar-refractivity contribution in [3.8, 4) is 0 Å². The number of hydrogen-bond donors (Lipinski definition) is 2. The van der Waals surface area contributed by atoms with Gasteiger partial charge >= 0.3 is 0 Å². The van der Waals surface area contributed by atoms with Gasteiger partial charge in [-0.2, -0.15) is 5.10 Å². The Bertz CT molecular complexity index is 786. The van der Waals surface area contributed by atoms with Crippen LogP contribution in [0.3, 0.4) is 0 Å². The topological polar surface area (TPSA) is 75.6 Å². The molecular weight excluding hydrogens is 266 g/mol. The van der Waals surface area contributed by atoms with Crippen molar-refractivity contribution in [2.24, 2.45) is 0 Å². The second-order valence-electron chi connectivity index (χ2n) is 5.04. The molecule has 1 amide bonds. The minimum atomic E-state index is -0.0898. The Morgan fingerprint density at radius 3 is 2.95 bits per heavy atom. The third kappa shape index (κ3) is 2.79. The lowest BCUT2D eigenvalue weighted by Gasteiger charge is -2.07. The summed E-state index contributed by atoms with van der Waals surface area (Å²) in [6.45, 7) is 5.18. The molecule has 0 fully saturated rings. The number of nitrogens with one attached hydrogen (secondary N) is 2. The summed E-state index contributed by atoms with van der Waals surface area (Å²) < 4.78 is 1.90. The molecule has 0 radical (unpaired) electrons. The van der Waals surface area contributed by atoms with Crippen LogP contribution in [0.4, 0.5) is 0 Å². The highest BCUT2D eigenvalue weighted by Crippen LogP contribution is 2.11. The molecule has 0 atom stereocenters. The molecule has 0 saturated carbocycles. The Hall–Kier alpha value is -2.63. The summed E-state index contributed by atoms with van der Waals surface area (Å²) >= 11 is 0. The highest BCUT2D eigenvalue weighted by atomic mass is 16.1. The van der Waals surface area contributed by atoms with Crippen LogP contribution >= 0.6 is 0 Å². The van der Waals surface area contributed by atoms with Crippen LogP contribution in [0.5, 0.6) is 0 Å². The number of rotatable bonds is 4. The fourth-order valence-electron chi connectivity index (χ4n) is 2.36. The third-order valence-corrected chi connectivity index (χ3v) is 3.39. The van der Waals surface area contributed by atoms with Crippen molar-refractivity contribution >= 4 is 16.9 Å². The Morgan fingerprint density at radius 1 is 1.33 bits per heavy atom. The number of carbonyl (C=O) groups excluding carboxylic acids is 1. The molecule has 3 rings (SSSR count). The summed E-state index contributed by atoms with van der Waals surface area (Å²) in [5.41, 5.74) is 4.43. The van der Waals surface area contributed by atoms with Crippen molar-refractivity contribution in [3.63, 3.8) is 0 Å². The lowest BCUT2D eigenvalue weighted by Crippen LogP contribution is -2.27. The van der Waals surface area contributed by atoms with Gasteiger partial charge in [0.15, 0.2) is 0 Å². The van der Waals surface area contributed by atoms with E-state index in [-0.39, 0.29) is 5.91 Å². The van der Waals surface area contributed by atoms with E-state index < -0.39 is 0 Å². The molecule has 0 unspecified atom stereocenters. The first-order valence-electron chi connectivity index (χ1n) is 6.86. The summed E-state index contributed by atoms with van der Waals surface area (Å²) in [7, 11) is 0. The van der Waals surface area contributed by atoms with Crippen molar-refractivity contribution in [2.45, 2.75) is 20.4 Å². The Labute approximate surface area is 122 Å². The lowest BCUT2D eigenvalue weighted by molar-refractivity contribution is 0.0952. The molecular formula is C15H17N5O. The van der Waals surface area contributed by atoms with Crippen molar-refractivity contribution in [1.29, 1.82) is 0 Å². The average molecular weight is 283 g/mol. The van der Waals surface area contributed by atoms with Crippen molar-refractivity contribution < 1.29 is 4.79 Å². The van der Waals surface area contributed by atoms with Gasteiger partial charge < -0.3 is 10.3 Å². The van der Waals surface area contributed by atoms with Gasteiger partial charge in [0.2, 0.25) is 0 Å². The van der Waals surface area contributed by atoms with Crippen LogP contribution in [0.15, 0.2) is 30.6 Å². The molecule has 2 N–H and O–H groups in total. The standard InChI is InChI=1S/C15H17N5O/c1-10-7-11(2)20(19-10)6-5-16-15(21)12-3-4-13-14(8-12)18-9-17-13/h3-4,7-9H,5-6H2,1-2H3,(H,16,21)(H,17,18). The first-order valence-corrected chi connectivity index (χ1v) is 6.86. The van der Waals surface area contributed by atoms with Gasteiger partial charge in [-0.15, -0.1) is 0 Å². The van der Waals surface area contributed by atoms with E-state index in [1.807, 2.05) is 30.7 Å². The number of hydrogen-bond acceptors (Lipinski definition) is 3. The SMILES string of the molecule is Cc1cc(C)n(CCNC(=O)c2ccc3nc[nH]c3c2)n1. The van der Waals surface area contributed by atoms with Gasteiger partial charge in [0.05, 0.1) is 29.6 Å². The quantitative estimate of drug-likeness (QED) is 0.766. The molecule has 0 bridgehead atoms. The van der Waals surface area contributed by atoms with Gasteiger partial charge in [-0.3, -0.25) is 9.48 Å². The van der Waals surface area contributed by atoms with E-state index in [2.05, 4.69) is 20.4 Å². The van der Waals surface area contributed by atoms with Crippen LogP contribution in [0.25, 0.3) is 11.0 Å². The van der Waals surface area contributed by atoms with E-state index >= 15 is 0 Å². The molecule has 1 aromatic carbocycles. The number of imidazole rings is 1. The van der Waals surface area contributed by atoms with Crippen molar-refractivity contribution in [1.82, 2.24) is 25.1 Å². The molecule has 2 aromatic heterocycles. The second-order valence-corrected chi connectivity index (χ2v) is 5.04. The number of carbonyl (C=O) groups is 1. The zero-order chi connectivity index (χ0) is 14.8. The van der Waals surface area contributed by atoms with Gasteiger partial charge in [0.1, 0.15) is 0 Å². The van der Waals surface area contributed by atoms with Gasteiger partial charge in [-0.05, 0) is 38.1 Å². The number of nitrogens with zero attached hydrogens (tertiary/aromatic N) is 3. The maximum absolute atomic E-state index is 12.1. The zero-order valence-corrected chi connectivity index (χ0v) is 12.1. The fraction of sp³-hybridized carbons (Fsp3) is 0.267. The molecule has 108 valence electrons. The summed E-state index contributed by atoms with van der Waals surface area (Å²) in [6, 6.07) is 7.44. The van der Waals surface area contributed by atoms with Gasteiger partial charge in [-0.1, -0.05) is 0 Å². The molecule has 2 heterocycles. The van der Waals surface area contributed by atoms with Crippen molar-refractivity contribution in [3.05, 3.63) is 47.5 Å². The van der Waals surface area contributed by atoms with Crippen LogP contribution < -0.4 is 5.32 Å². The predicted octanol–water partition coefficient (Wildman–Crippen LogP) is 1.81. The number of fused-ring (bicyclic) bond motifs is 1. The fourth-order valence-corrected chi connectivity index (χ4v) is 2.36. The van der Waals surface area contributed by atoms with Gasteiger partial charge in [-0.25, -0.2) is 4.98 Å². The normalized spacial score (nSPS) is 11.0. The maximum atomic E-state index is 12.1. The summed E-state index contributed by atoms with van der Waals surface area (Å²) in [6.07, 6.45) is 1.62. The third-order valence-electron chi connectivity index (χ3n) is 3.39. The minimum Gasteiger partial charge on any atom is -0.350 e. The molecule has 0 saturated heterocycles. The van der Waals surface area contributed by atoms with Crippen LogP contribution in [-0.2, 0) is 6.54 Å². The molecule has 6 heteroatoms. The van der Waals surface area contributed by atoms with E-state index in [9.17, 15) is 4.79 Å². The molecule has 0 aliphatic heterocycles. The number of benzene rings is 1. The van der Waals surface area contributed by atoms with E-state index in [1.165, 1.54) is 0 Å². The first kappa shape index (κ1) is 13.4. The highest BCUT2D eigenvalue weighted by molar-refractivity contribution is 5.97. The van der Waals surface area contributed by atoms with Crippen molar-refractivity contribution in [2.75, 3.05) is 6.54 Å². The molecule has 0 spiro atoms. The van der Waals surface area contributed by atoms with Crippen LogP contribution in [0.1, 0.15) is 21.7 Å². The maximum Gasteiger partial charge on any atom is 0.251 e. The van der Waals surface area contributed by atoms with Gasteiger partial charge in [0.25, 0.3) is 5.91 Å². The van der Waals surface area contributed by atoms with E-state index in [1.54, 1.807) is 18.5 Å². The second kappa shape index (κ2) is 5.40. The monoisotopic (exact) mass is 283 g/mol. The molecule has 21 heavy (non-hydrogen) atoms. The molecule has 6 nitrogen and oxygen atoms in total. The molecule has 0 aliphatic carbocycles. The van der Waals surface area contributed by atoms with Gasteiger partial charge in [0, 0.05) is 17.8 Å². The molecule has 3 aromatic rings. The first-order chi connectivity index (χ1) is 10.1. The summed E-state index contributed by atoms with van der Waals surface area (Å²) in [4.78, 5) is 19.3. The molecule has 0 aliphatic rings. The highest BCUT2D eigenvalue weighted by Gasteiger charge is 2.07. The summed E-state index contributed by atoms with van der Waals surface area (Å²) in [5, 5.41) is 7.27. The summed E-state index contributed by atoms with van der Waals surface area (Å²) in [5.74, 6) is -0.0898. The predicted molar refractivity (Wildman–Crippen MR) is 80.1 cm³/mol. The lowest BCUT2D eigenvalue weighted by atomic mass is 10.2. The largest absolute Gasteiger partial charge is 0.350 e. The van der Waals surface area contributed by atoms with E-state index in [0.717, 1.165) is 22.4 Å². The number of H-pyrrole nitrogens is 1. The number of aromatic amines is 1. The Morgan fingerprint density at radius 2 is 2.19 bits per heavy atom. The van der Waals surface area contributed by atoms with E-state index in [0.29, 0.717) is 18.7 Å². The average Bonchev–Trinajstić information content (AvgIpc) is 3.04. The minimum absolute atomic E-state index is 0.0898. The smallest absolute Gasteiger partial charge is 0.251 e. The number of amides is 1. The van der Waals surface area contributed by atoms with Crippen LogP contribution in [0.2, 0.25) is 0 Å².